The van der Waals surface area contributed by atoms with E-state index in [1.54, 1.807) is 0 Å². The number of nitrogens with zero attached hydrogens (tertiary/aromatic N) is 1. The van der Waals surface area contributed by atoms with Gasteiger partial charge in [-0.3, -0.25) is 4.90 Å². The molecule has 0 aromatic carbocycles. The Balaban J connectivity index is 1.93. The molecule has 0 amide bonds. The van der Waals surface area contributed by atoms with E-state index in [9.17, 15) is 0 Å². The first-order valence-electron chi connectivity index (χ1n) is 5.04. The number of hydrogen-bond acceptors (Lipinski definition) is 3. The minimum Gasteiger partial charge on any atom is -0.346 e. The maximum atomic E-state index is 5.79. The van der Waals surface area contributed by atoms with Gasteiger partial charge in [-0.1, -0.05) is 18.2 Å². The Labute approximate surface area is 89.6 Å². The minimum absolute atomic E-state index is 0.343. The van der Waals surface area contributed by atoms with Crippen LogP contribution in [-0.2, 0) is 9.47 Å². The normalized spacial score (nSPS) is 26.9. The van der Waals surface area contributed by atoms with Gasteiger partial charge in [0.05, 0.1) is 19.8 Å². The molecular weight excluding hydrogens is 202 g/mol. The Kier molecular flexibility index (Phi) is 3.12. The van der Waals surface area contributed by atoms with Gasteiger partial charge in [0.1, 0.15) is 0 Å². The van der Waals surface area contributed by atoms with Crippen molar-refractivity contribution in [2.75, 3.05) is 32.8 Å². The van der Waals surface area contributed by atoms with E-state index in [1.165, 1.54) is 0 Å². The summed E-state index contributed by atoms with van der Waals surface area (Å²) in [4.78, 5) is 2.24. The average molecular weight is 218 g/mol. The fourth-order valence-electron chi connectivity index (χ4n) is 2.18. The predicted octanol–water partition coefficient (Wildman–Crippen LogP) is 1.58. The average Bonchev–Trinajstić information content (AvgIpc) is 2.52. The topological polar surface area (TPSA) is 21.7 Å². The lowest BCUT2D eigenvalue weighted by atomic mass is 10.0. The zero-order valence-electron chi connectivity index (χ0n) is 8.30. The van der Waals surface area contributed by atoms with E-state index >= 15 is 0 Å². The molecule has 0 unspecified atom stereocenters. The Hall–Kier alpha value is -0.0900. The van der Waals surface area contributed by atoms with Crippen molar-refractivity contribution in [3.8, 4) is 0 Å². The van der Waals surface area contributed by atoms with Gasteiger partial charge in [0.2, 0.25) is 0 Å². The van der Waals surface area contributed by atoms with Gasteiger partial charge in [0.25, 0.3) is 0 Å². The summed E-state index contributed by atoms with van der Waals surface area (Å²) in [6, 6.07) is 0. The third-order valence-corrected chi connectivity index (χ3v) is 2.82. The Morgan fingerprint density at radius 3 is 2.79 bits per heavy atom. The minimum atomic E-state index is -0.343. The summed E-state index contributed by atoms with van der Waals surface area (Å²) >= 11 is 5.79. The zero-order chi connectivity index (χ0) is 10.0. The molecule has 1 spiro atoms. The van der Waals surface area contributed by atoms with Crippen LogP contribution in [0.1, 0.15) is 12.8 Å². The van der Waals surface area contributed by atoms with Crippen molar-refractivity contribution in [2.45, 2.75) is 18.6 Å². The lowest BCUT2D eigenvalue weighted by Gasteiger charge is -2.38. The van der Waals surface area contributed by atoms with Crippen LogP contribution in [0.2, 0.25) is 0 Å². The Morgan fingerprint density at radius 1 is 1.43 bits per heavy atom. The highest BCUT2D eigenvalue weighted by molar-refractivity contribution is 6.29. The molecule has 0 aromatic heterocycles. The molecule has 0 N–H and O–H groups in total. The molecule has 2 fully saturated rings. The summed E-state index contributed by atoms with van der Waals surface area (Å²) in [7, 11) is 0. The van der Waals surface area contributed by atoms with Gasteiger partial charge in [-0.15, -0.1) is 0 Å². The van der Waals surface area contributed by atoms with Crippen LogP contribution in [0, 0.1) is 0 Å². The number of likely N-dealkylation sites (tertiary alicyclic amines) is 1. The van der Waals surface area contributed by atoms with Crippen LogP contribution in [0.5, 0.6) is 0 Å². The van der Waals surface area contributed by atoms with E-state index < -0.39 is 0 Å². The molecule has 2 heterocycles. The highest BCUT2D eigenvalue weighted by Crippen LogP contribution is 2.30. The van der Waals surface area contributed by atoms with E-state index in [0.717, 1.165) is 45.7 Å². The van der Waals surface area contributed by atoms with Crippen molar-refractivity contribution in [3.05, 3.63) is 11.6 Å². The van der Waals surface area contributed by atoms with Crippen molar-refractivity contribution in [1.29, 1.82) is 0 Å². The second-order valence-corrected chi connectivity index (χ2v) is 4.47. The van der Waals surface area contributed by atoms with Gasteiger partial charge in [-0.25, -0.2) is 0 Å². The summed E-state index contributed by atoms with van der Waals surface area (Å²) in [5, 5.41) is 0.681. The maximum absolute atomic E-state index is 5.79. The molecular formula is C10H16ClNO2. The second kappa shape index (κ2) is 4.19. The van der Waals surface area contributed by atoms with E-state index in [0.29, 0.717) is 5.03 Å². The molecule has 0 radical (unpaired) electrons. The van der Waals surface area contributed by atoms with Gasteiger partial charge in [0, 0.05) is 18.0 Å². The lowest BCUT2D eigenvalue weighted by molar-refractivity contribution is -0.188. The Bertz CT molecular complexity index is 226. The van der Waals surface area contributed by atoms with Gasteiger partial charge < -0.3 is 9.47 Å². The second-order valence-electron chi connectivity index (χ2n) is 3.94. The number of rotatable bonds is 2. The summed E-state index contributed by atoms with van der Waals surface area (Å²) in [6.07, 6.45) is 2.10. The molecule has 4 heteroatoms. The molecule has 14 heavy (non-hydrogen) atoms. The Morgan fingerprint density at radius 2 is 2.14 bits per heavy atom. The predicted molar refractivity (Wildman–Crippen MR) is 55.3 cm³/mol. The monoisotopic (exact) mass is 217 g/mol. The van der Waals surface area contributed by atoms with Crippen molar-refractivity contribution in [1.82, 2.24) is 4.90 Å². The molecule has 0 bridgehead atoms. The van der Waals surface area contributed by atoms with Crippen LogP contribution in [-0.4, -0.2) is 43.5 Å². The fourth-order valence-corrected chi connectivity index (χ4v) is 2.35. The molecule has 2 saturated heterocycles. The standard InChI is InChI=1S/C10H16ClNO2/c1-9(11)7-12-4-2-3-10(8-12)13-5-6-14-10/h1-8H2. The van der Waals surface area contributed by atoms with E-state index in [-0.39, 0.29) is 5.79 Å². The molecule has 0 aliphatic carbocycles. The van der Waals surface area contributed by atoms with Crippen LogP contribution in [0.15, 0.2) is 11.6 Å². The summed E-state index contributed by atoms with van der Waals surface area (Å²) in [5.74, 6) is -0.343. The van der Waals surface area contributed by atoms with Crippen LogP contribution >= 0.6 is 11.6 Å². The highest BCUT2D eigenvalue weighted by atomic mass is 35.5. The van der Waals surface area contributed by atoms with Gasteiger partial charge in [-0.2, -0.15) is 0 Å². The smallest absolute Gasteiger partial charge is 0.181 e. The third-order valence-electron chi connectivity index (χ3n) is 2.71. The molecule has 2 rings (SSSR count). The van der Waals surface area contributed by atoms with E-state index in [4.69, 9.17) is 21.1 Å². The molecule has 80 valence electrons. The highest BCUT2D eigenvalue weighted by Gasteiger charge is 2.40. The molecule has 0 saturated carbocycles. The molecule has 3 nitrogen and oxygen atoms in total. The first-order chi connectivity index (χ1) is 6.70. The zero-order valence-corrected chi connectivity index (χ0v) is 9.05. The lowest BCUT2D eigenvalue weighted by Crippen LogP contribution is -2.49. The molecule has 2 aliphatic heterocycles. The number of hydrogen-bond donors (Lipinski definition) is 0. The van der Waals surface area contributed by atoms with Crippen molar-refractivity contribution in [2.24, 2.45) is 0 Å². The molecule has 0 atom stereocenters. The van der Waals surface area contributed by atoms with Crippen LogP contribution in [0.25, 0.3) is 0 Å². The summed E-state index contributed by atoms with van der Waals surface area (Å²) in [6.45, 7) is 7.75. The number of halogens is 1. The summed E-state index contributed by atoms with van der Waals surface area (Å²) < 4.78 is 11.3. The van der Waals surface area contributed by atoms with Gasteiger partial charge in [-0.05, 0) is 13.0 Å². The number of ether oxygens (including phenoxy) is 2. The third kappa shape index (κ3) is 2.28. The van der Waals surface area contributed by atoms with Crippen molar-refractivity contribution < 1.29 is 9.47 Å². The SMILES string of the molecule is C=C(Cl)CN1CCCC2(C1)OCCO2. The first-order valence-corrected chi connectivity index (χ1v) is 5.42. The molecule has 0 aromatic rings. The maximum Gasteiger partial charge on any atom is 0.181 e. The fraction of sp³-hybridized carbons (Fsp3) is 0.800. The van der Waals surface area contributed by atoms with E-state index in [1.807, 2.05) is 0 Å². The first kappa shape index (κ1) is 10.4. The molecule has 2 aliphatic rings. The van der Waals surface area contributed by atoms with Crippen LogP contribution in [0.3, 0.4) is 0 Å². The quantitative estimate of drug-likeness (QED) is 0.701. The largest absolute Gasteiger partial charge is 0.346 e. The van der Waals surface area contributed by atoms with Crippen LogP contribution in [0.4, 0.5) is 0 Å². The van der Waals surface area contributed by atoms with Crippen molar-refractivity contribution in [3.63, 3.8) is 0 Å². The van der Waals surface area contributed by atoms with Gasteiger partial charge >= 0.3 is 0 Å². The van der Waals surface area contributed by atoms with Crippen LogP contribution < -0.4 is 0 Å². The number of piperidine rings is 1. The summed E-state index contributed by atoms with van der Waals surface area (Å²) in [5.41, 5.74) is 0. The van der Waals surface area contributed by atoms with Crippen molar-refractivity contribution >= 4 is 11.6 Å². The van der Waals surface area contributed by atoms with E-state index in [2.05, 4.69) is 11.5 Å². The van der Waals surface area contributed by atoms with Gasteiger partial charge in [0.15, 0.2) is 5.79 Å².